The van der Waals surface area contributed by atoms with Gasteiger partial charge < -0.3 is 14.4 Å². The van der Waals surface area contributed by atoms with Crippen molar-refractivity contribution in [3.8, 4) is 11.5 Å². The Balaban J connectivity index is 1.35. The molecule has 0 saturated carbocycles. The molecule has 28 heavy (non-hydrogen) atoms. The minimum Gasteiger partial charge on any atom is -0.493 e. The Bertz CT molecular complexity index is 956. The number of likely N-dealkylation sites (tertiary alicyclic amines) is 1. The molecule has 0 bridgehead atoms. The molecule has 0 spiro atoms. The average molecular weight is 404 g/mol. The van der Waals surface area contributed by atoms with Gasteiger partial charge in [0.25, 0.3) is 5.91 Å². The monoisotopic (exact) mass is 403 g/mol. The van der Waals surface area contributed by atoms with Crippen LogP contribution in [0.25, 0.3) is 0 Å². The highest BCUT2D eigenvalue weighted by Gasteiger charge is 2.33. The zero-order valence-corrected chi connectivity index (χ0v) is 16.1. The summed E-state index contributed by atoms with van der Waals surface area (Å²) < 4.78 is 25.3. The van der Waals surface area contributed by atoms with E-state index >= 15 is 0 Å². The third-order valence-corrected chi connectivity index (χ3v) is 5.44. The molecule has 0 N–H and O–H groups in total. The highest BCUT2D eigenvalue weighted by Crippen LogP contribution is 2.29. The Morgan fingerprint density at radius 3 is 2.86 bits per heavy atom. The van der Waals surface area contributed by atoms with Crippen LogP contribution in [-0.2, 0) is 11.2 Å². The second kappa shape index (κ2) is 7.43. The molecule has 0 radical (unpaired) electrons. The van der Waals surface area contributed by atoms with Gasteiger partial charge in [-0.2, -0.15) is 0 Å². The van der Waals surface area contributed by atoms with Gasteiger partial charge in [0.1, 0.15) is 23.9 Å². The Kier molecular flexibility index (Phi) is 4.98. The van der Waals surface area contributed by atoms with E-state index in [1.165, 1.54) is 12.1 Å². The predicted molar refractivity (Wildman–Crippen MR) is 102 cm³/mol. The smallest absolute Gasteiger partial charge is 0.256 e. The fourth-order valence-electron chi connectivity index (χ4n) is 3.35. The van der Waals surface area contributed by atoms with Gasteiger partial charge in [0.05, 0.1) is 12.2 Å². The lowest BCUT2D eigenvalue weighted by atomic mass is 9.97. The summed E-state index contributed by atoms with van der Waals surface area (Å²) in [7, 11) is 0. The van der Waals surface area contributed by atoms with Crippen molar-refractivity contribution in [1.29, 1.82) is 0 Å². The maximum atomic E-state index is 14.3. The summed E-state index contributed by atoms with van der Waals surface area (Å²) in [6, 6.07) is 8.14. The van der Waals surface area contributed by atoms with Crippen LogP contribution < -0.4 is 9.47 Å². The van der Waals surface area contributed by atoms with Gasteiger partial charge in [-0.3, -0.25) is 9.59 Å². The van der Waals surface area contributed by atoms with Gasteiger partial charge in [0.15, 0.2) is 5.78 Å². The number of carbonyl (C=O) groups is 2. The number of ketones is 1. The van der Waals surface area contributed by atoms with Crippen LogP contribution in [0.1, 0.15) is 21.5 Å². The van der Waals surface area contributed by atoms with Crippen molar-refractivity contribution in [3.63, 3.8) is 0 Å². The summed E-state index contributed by atoms with van der Waals surface area (Å²) in [5.74, 6) is 0.0932. The van der Waals surface area contributed by atoms with Gasteiger partial charge in [0.2, 0.25) is 0 Å². The molecular formula is C21H19ClFNO4. The van der Waals surface area contributed by atoms with Crippen molar-refractivity contribution in [2.24, 2.45) is 5.92 Å². The quantitative estimate of drug-likeness (QED) is 0.784. The Hall–Kier alpha value is -2.60. The Morgan fingerprint density at radius 1 is 1.32 bits per heavy atom. The fourth-order valence-corrected chi connectivity index (χ4v) is 3.52. The van der Waals surface area contributed by atoms with Gasteiger partial charge >= 0.3 is 0 Å². The molecule has 0 atom stereocenters. The lowest BCUT2D eigenvalue weighted by molar-refractivity contribution is -0.121. The first kappa shape index (κ1) is 18.7. The second-order valence-electron chi connectivity index (χ2n) is 7.24. The molecule has 2 aliphatic heterocycles. The molecular weight excluding hydrogens is 385 g/mol. The number of hydrogen-bond donors (Lipinski definition) is 0. The minimum absolute atomic E-state index is 0.0262. The van der Waals surface area contributed by atoms with E-state index in [1.807, 2.05) is 19.1 Å². The molecule has 0 aromatic heterocycles. The van der Waals surface area contributed by atoms with Crippen molar-refractivity contribution in [2.75, 3.05) is 26.3 Å². The normalized spacial score (nSPS) is 16.2. The van der Waals surface area contributed by atoms with E-state index in [4.69, 9.17) is 21.1 Å². The highest BCUT2D eigenvalue weighted by molar-refractivity contribution is 6.31. The van der Waals surface area contributed by atoms with Gasteiger partial charge in [-0.1, -0.05) is 17.7 Å². The predicted octanol–water partition coefficient (Wildman–Crippen LogP) is 3.44. The van der Waals surface area contributed by atoms with Crippen molar-refractivity contribution in [2.45, 2.75) is 13.3 Å². The Morgan fingerprint density at radius 2 is 2.11 bits per heavy atom. The number of amides is 1. The van der Waals surface area contributed by atoms with Crippen LogP contribution >= 0.6 is 11.6 Å². The number of ether oxygens (including phenoxy) is 2. The van der Waals surface area contributed by atoms with E-state index in [0.717, 1.165) is 5.56 Å². The number of halogens is 2. The molecule has 2 heterocycles. The number of Topliss-reactive ketones (excluding diaryl/α,β-unsaturated/α-hetero) is 1. The van der Waals surface area contributed by atoms with Crippen LogP contribution in [0.15, 0.2) is 30.3 Å². The maximum absolute atomic E-state index is 14.3. The number of nitrogens with zero attached hydrogens (tertiary/aromatic N) is 1. The first-order chi connectivity index (χ1) is 13.4. The van der Waals surface area contributed by atoms with Crippen LogP contribution in [0.2, 0.25) is 5.02 Å². The summed E-state index contributed by atoms with van der Waals surface area (Å²) in [6.07, 6.45) is 0.158. The van der Waals surface area contributed by atoms with Gasteiger partial charge in [-0.25, -0.2) is 4.39 Å². The fraction of sp³-hybridized carbons (Fsp3) is 0.333. The summed E-state index contributed by atoms with van der Waals surface area (Å²) >= 11 is 6.09. The van der Waals surface area contributed by atoms with Crippen LogP contribution in [0, 0.1) is 18.7 Å². The number of hydrogen-bond acceptors (Lipinski definition) is 4. The molecule has 2 aliphatic rings. The molecule has 1 saturated heterocycles. The molecule has 0 aliphatic carbocycles. The van der Waals surface area contributed by atoms with E-state index in [2.05, 4.69) is 0 Å². The molecule has 1 amide bonds. The molecule has 5 nitrogen and oxygen atoms in total. The zero-order chi connectivity index (χ0) is 19.8. The van der Waals surface area contributed by atoms with Crippen molar-refractivity contribution in [3.05, 3.63) is 57.9 Å². The van der Waals surface area contributed by atoms with Crippen LogP contribution in [-0.4, -0.2) is 42.9 Å². The van der Waals surface area contributed by atoms with E-state index < -0.39 is 5.82 Å². The van der Waals surface area contributed by atoms with Crippen molar-refractivity contribution in [1.82, 2.24) is 4.90 Å². The lowest BCUT2D eigenvalue weighted by Gasteiger charge is -2.39. The third-order valence-electron chi connectivity index (χ3n) is 5.03. The van der Waals surface area contributed by atoms with Gasteiger partial charge in [0, 0.05) is 42.1 Å². The highest BCUT2D eigenvalue weighted by atomic mass is 35.5. The minimum atomic E-state index is -0.632. The topological polar surface area (TPSA) is 55.8 Å². The number of fused-ring (bicyclic) bond motifs is 1. The maximum Gasteiger partial charge on any atom is 0.256 e. The summed E-state index contributed by atoms with van der Waals surface area (Å²) in [5, 5.41) is 0.647. The largest absolute Gasteiger partial charge is 0.493 e. The molecule has 7 heteroatoms. The first-order valence-electron chi connectivity index (χ1n) is 9.06. The number of rotatable bonds is 4. The molecule has 2 aromatic rings. The Labute approximate surface area is 167 Å². The molecule has 1 fully saturated rings. The molecule has 2 aromatic carbocycles. The van der Waals surface area contributed by atoms with Crippen LogP contribution in [0.5, 0.6) is 11.5 Å². The molecule has 4 rings (SSSR count). The molecule has 146 valence electrons. The summed E-state index contributed by atoms with van der Waals surface area (Å²) in [6.45, 7) is 3.30. The number of benzene rings is 2. The van der Waals surface area contributed by atoms with E-state index in [1.54, 1.807) is 11.0 Å². The molecule has 0 unspecified atom stereocenters. The number of carbonyl (C=O) groups excluding carboxylic acids is 2. The average Bonchev–Trinajstić information content (AvgIpc) is 2.62. The first-order valence-corrected chi connectivity index (χ1v) is 9.43. The van der Waals surface area contributed by atoms with Gasteiger partial charge in [-0.05, 0) is 30.7 Å². The number of aryl methyl sites for hydroxylation is 1. The van der Waals surface area contributed by atoms with Crippen LogP contribution in [0.3, 0.4) is 0 Å². The summed E-state index contributed by atoms with van der Waals surface area (Å²) in [5.41, 5.74) is 1.51. The summed E-state index contributed by atoms with van der Waals surface area (Å²) in [4.78, 5) is 25.7. The lowest BCUT2D eigenvalue weighted by Crippen LogP contribution is -2.52. The standard InChI is InChI=1S/C21H19ClFNO4/c1-12-2-3-16(6-18(12)22)27-10-13-8-24(9-13)21(26)17-5-14-4-15(25)11-28-20(14)7-19(17)23/h2-3,5-7,13H,4,8-11H2,1H3. The van der Waals surface area contributed by atoms with E-state index in [9.17, 15) is 14.0 Å². The third kappa shape index (κ3) is 3.69. The van der Waals surface area contributed by atoms with Crippen molar-refractivity contribution >= 4 is 23.3 Å². The van der Waals surface area contributed by atoms with E-state index in [0.29, 0.717) is 41.8 Å². The van der Waals surface area contributed by atoms with Crippen LogP contribution in [0.4, 0.5) is 4.39 Å². The second-order valence-corrected chi connectivity index (χ2v) is 7.65. The van der Waals surface area contributed by atoms with E-state index in [-0.39, 0.29) is 36.2 Å². The van der Waals surface area contributed by atoms with Crippen molar-refractivity contribution < 1.29 is 23.5 Å². The van der Waals surface area contributed by atoms with Gasteiger partial charge in [-0.15, -0.1) is 0 Å². The SMILES string of the molecule is Cc1ccc(OCC2CN(C(=O)c3cc4c(cc3F)OCC(=O)C4)C2)cc1Cl. The zero-order valence-electron chi connectivity index (χ0n) is 15.3.